The molecule has 3 unspecified atom stereocenters. The van der Waals surface area contributed by atoms with Gasteiger partial charge in [-0.1, -0.05) is 35.0 Å². The molecule has 1 heterocycles. The first kappa shape index (κ1) is 15.4. The van der Waals surface area contributed by atoms with Gasteiger partial charge < -0.3 is 5.11 Å². The number of rotatable bonds is 4. The third kappa shape index (κ3) is 4.22. The monoisotopic (exact) mass is 343 g/mol. The van der Waals surface area contributed by atoms with Crippen molar-refractivity contribution in [3.8, 4) is 0 Å². The SMILES string of the molecule is CC1SCCN(CCC(O)c2cccc(Br)c2)C1C. The predicted molar refractivity (Wildman–Crippen MR) is 86.7 cm³/mol. The Morgan fingerprint density at radius 3 is 3.00 bits per heavy atom. The van der Waals surface area contributed by atoms with Gasteiger partial charge in [-0.2, -0.15) is 11.8 Å². The highest BCUT2D eigenvalue weighted by Crippen LogP contribution is 2.26. The van der Waals surface area contributed by atoms with Gasteiger partial charge >= 0.3 is 0 Å². The van der Waals surface area contributed by atoms with Gasteiger partial charge in [0.2, 0.25) is 0 Å². The molecule has 1 fully saturated rings. The van der Waals surface area contributed by atoms with E-state index in [1.165, 1.54) is 5.75 Å². The highest BCUT2D eigenvalue weighted by atomic mass is 79.9. The predicted octanol–water partition coefficient (Wildman–Crippen LogP) is 3.70. The summed E-state index contributed by atoms with van der Waals surface area (Å²) in [7, 11) is 0. The zero-order valence-corrected chi connectivity index (χ0v) is 14.0. The molecule has 0 saturated carbocycles. The van der Waals surface area contributed by atoms with E-state index in [0.717, 1.165) is 29.5 Å². The van der Waals surface area contributed by atoms with Gasteiger partial charge in [0.1, 0.15) is 0 Å². The molecule has 0 bridgehead atoms. The lowest BCUT2D eigenvalue weighted by Gasteiger charge is -2.37. The fourth-order valence-corrected chi connectivity index (χ4v) is 4.06. The maximum atomic E-state index is 10.3. The summed E-state index contributed by atoms with van der Waals surface area (Å²) in [6.07, 6.45) is 0.438. The molecule has 4 heteroatoms. The standard InChI is InChI=1S/C15H22BrNOS/c1-11-12(2)19-9-8-17(11)7-6-15(18)13-4-3-5-14(16)10-13/h3-5,10-12,15,18H,6-9H2,1-2H3. The molecule has 106 valence electrons. The molecule has 3 atom stereocenters. The van der Waals surface area contributed by atoms with Gasteiger partial charge in [0, 0.05) is 34.6 Å². The number of aliphatic hydroxyl groups is 1. The molecule has 1 aliphatic rings. The maximum Gasteiger partial charge on any atom is 0.0802 e. The Kier molecular flexibility index (Phi) is 5.75. The van der Waals surface area contributed by atoms with Crippen LogP contribution in [0.4, 0.5) is 0 Å². The number of aliphatic hydroxyl groups excluding tert-OH is 1. The number of thioether (sulfide) groups is 1. The number of benzene rings is 1. The molecule has 1 saturated heterocycles. The van der Waals surface area contributed by atoms with E-state index in [2.05, 4.69) is 46.4 Å². The first-order chi connectivity index (χ1) is 9.08. The van der Waals surface area contributed by atoms with Crippen molar-refractivity contribution in [3.63, 3.8) is 0 Å². The minimum atomic E-state index is -0.366. The average molecular weight is 344 g/mol. The van der Waals surface area contributed by atoms with Crippen LogP contribution in [0.2, 0.25) is 0 Å². The molecule has 2 nitrogen and oxygen atoms in total. The van der Waals surface area contributed by atoms with E-state index in [1.54, 1.807) is 0 Å². The maximum absolute atomic E-state index is 10.3. The van der Waals surface area contributed by atoms with E-state index in [0.29, 0.717) is 11.3 Å². The van der Waals surface area contributed by atoms with Gasteiger partial charge in [-0.15, -0.1) is 0 Å². The van der Waals surface area contributed by atoms with Crippen LogP contribution in [0.5, 0.6) is 0 Å². The van der Waals surface area contributed by atoms with Gasteiger partial charge in [-0.25, -0.2) is 0 Å². The minimum absolute atomic E-state index is 0.366. The summed E-state index contributed by atoms with van der Waals surface area (Å²) in [4.78, 5) is 2.50. The summed E-state index contributed by atoms with van der Waals surface area (Å²) in [5, 5.41) is 11.0. The molecule has 2 rings (SSSR count). The van der Waals surface area contributed by atoms with Crippen LogP contribution in [0.25, 0.3) is 0 Å². The number of hydrogen-bond donors (Lipinski definition) is 1. The van der Waals surface area contributed by atoms with E-state index in [9.17, 15) is 5.11 Å². The Balaban J connectivity index is 1.88. The molecule has 0 radical (unpaired) electrons. The van der Waals surface area contributed by atoms with Crippen LogP contribution < -0.4 is 0 Å². The molecular weight excluding hydrogens is 322 g/mol. The fourth-order valence-electron chi connectivity index (χ4n) is 2.48. The van der Waals surface area contributed by atoms with Crippen LogP contribution in [-0.4, -0.2) is 40.1 Å². The summed E-state index contributed by atoms with van der Waals surface area (Å²) in [5.74, 6) is 1.21. The summed E-state index contributed by atoms with van der Waals surface area (Å²) in [5.41, 5.74) is 1.00. The van der Waals surface area contributed by atoms with Crippen molar-refractivity contribution in [2.45, 2.75) is 37.7 Å². The van der Waals surface area contributed by atoms with Gasteiger partial charge in [0.15, 0.2) is 0 Å². The van der Waals surface area contributed by atoms with E-state index >= 15 is 0 Å². The zero-order valence-electron chi connectivity index (χ0n) is 11.6. The van der Waals surface area contributed by atoms with Crippen LogP contribution in [0.15, 0.2) is 28.7 Å². The first-order valence-corrected chi connectivity index (χ1v) is 8.71. The van der Waals surface area contributed by atoms with E-state index in [4.69, 9.17) is 0 Å². The van der Waals surface area contributed by atoms with Crippen molar-refractivity contribution >= 4 is 27.7 Å². The van der Waals surface area contributed by atoms with E-state index in [1.807, 2.05) is 24.3 Å². The smallest absolute Gasteiger partial charge is 0.0802 e. The normalized spacial score (nSPS) is 26.3. The second-order valence-electron chi connectivity index (χ2n) is 5.21. The molecular formula is C15H22BrNOS. The van der Waals surface area contributed by atoms with Gasteiger partial charge in [-0.3, -0.25) is 4.90 Å². The van der Waals surface area contributed by atoms with E-state index < -0.39 is 0 Å². The van der Waals surface area contributed by atoms with Crippen molar-refractivity contribution < 1.29 is 5.11 Å². The Hall–Kier alpha value is -0.0300. The van der Waals surface area contributed by atoms with Crippen LogP contribution >= 0.6 is 27.7 Å². The number of halogens is 1. The topological polar surface area (TPSA) is 23.5 Å². The van der Waals surface area contributed by atoms with Gasteiger partial charge in [0.05, 0.1) is 6.10 Å². The third-order valence-corrected chi connectivity index (χ3v) is 5.77. The van der Waals surface area contributed by atoms with Crippen LogP contribution in [0, 0.1) is 0 Å². The molecule has 0 amide bonds. The fraction of sp³-hybridized carbons (Fsp3) is 0.600. The second-order valence-corrected chi connectivity index (χ2v) is 7.61. The van der Waals surface area contributed by atoms with Crippen molar-refractivity contribution in [1.82, 2.24) is 4.90 Å². The molecule has 0 aromatic heterocycles. The van der Waals surface area contributed by atoms with Crippen molar-refractivity contribution in [1.29, 1.82) is 0 Å². The molecule has 1 aliphatic heterocycles. The highest BCUT2D eigenvalue weighted by Gasteiger charge is 2.25. The lowest BCUT2D eigenvalue weighted by molar-refractivity contribution is 0.128. The van der Waals surface area contributed by atoms with Crippen LogP contribution in [0.1, 0.15) is 31.9 Å². The highest BCUT2D eigenvalue weighted by molar-refractivity contribution is 9.10. The summed E-state index contributed by atoms with van der Waals surface area (Å²) < 4.78 is 1.03. The molecule has 1 N–H and O–H groups in total. The number of hydrogen-bond acceptors (Lipinski definition) is 3. The van der Waals surface area contributed by atoms with Crippen LogP contribution in [-0.2, 0) is 0 Å². The Morgan fingerprint density at radius 1 is 1.47 bits per heavy atom. The Bertz CT molecular complexity index is 415. The van der Waals surface area contributed by atoms with Crippen molar-refractivity contribution in [2.24, 2.45) is 0 Å². The quantitative estimate of drug-likeness (QED) is 0.901. The average Bonchev–Trinajstić information content (AvgIpc) is 2.40. The second kappa shape index (κ2) is 7.11. The van der Waals surface area contributed by atoms with Crippen LogP contribution in [0.3, 0.4) is 0 Å². The Labute approximate surface area is 128 Å². The molecule has 0 aliphatic carbocycles. The minimum Gasteiger partial charge on any atom is -0.388 e. The van der Waals surface area contributed by atoms with E-state index in [-0.39, 0.29) is 6.10 Å². The zero-order chi connectivity index (χ0) is 13.8. The first-order valence-electron chi connectivity index (χ1n) is 6.87. The van der Waals surface area contributed by atoms with Gasteiger partial charge in [0.25, 0.3) is 0 Å². The molecule has 1 aromatic rings. The molecule has 0 spiro atoms. The molecule has 19 heavy (non-hydrogen) atoms. The Morgan fingerprint density at radius 2 is 2.26 bits per heavy atom. The lowest BCUT2D eigenvalue weighted by atomic mass is 10.1. The van der Waals surface area contributed by atoms with Crippen molar-refractivity contribution in [2.75, 3.05) is 18.8 Å². The third-order valence-electron chi connectivity index (χ3n) is 3.94. The lowest BCUT2D eigenvalue weighted by Crippen LogP contribution is -2.45. The number of nitrogens with zero attached hydrogens (tertiary/aromatic N) is 1. The largest absolute Gasteiger partial charge is 0.388 e. The van der Waals surface area contributed by atoms with Gasteiger partial charge in [-0.05, 0) is 31.0 Å². The summed E-state index contributed by atoms with van der Waals surface area (Å²) in [6, 6.07) is 8.57. The summed E-state index contributed by atoms with van der Waals surface area (Å²) >= 11 is 5.50. The summed E-state index contributed by atoms with van der Waals surface area (Å²) in [6.45, 7) is 6.70. The van der Waals surface area contributed by atoms with Crippen molar-refractivity contribution in [3.05, 3.63) is 34.3 Å². The molecule has 1 aromatic carbocycles.